The third-order valence-electron chi connectivity index (χ3n) is 7.09. The van der Waals surface area contributed by atoms with E-state index in [0.29, 0.717) is 48.9 Å². The van der Waals surface area contributed by atoms with Crippen LogP contribution in [0.1, 0.15) is 64.2 Å². The van der Waals surface area contributed by atoms with Crippen molar-refractivity contribution in [2.45, 2.75) is 64.4 Å². The van der Waals surface area contributed by atoms with Gasteiger partial charge < -0.3 is 15.0 Å². The van der Waals surface area contributed by atoms with Gasteiger partial charge in [-0.25, -0.2) is 19.4 Å². The molecule has 5 heterocycles. The number of fused-ring (bicyclic) bond motifs is 6. The highest BCUT2D eigenvalue weighted by atomic mass is 32.2. The van der Waals surface area contributed by atoms with Crippen molar-refractivity contribution in [3.8, 4) is 11.7 Å². The Kier molecular flexibility index (Phi) is 7.24. The number of pyridine rings is 2. The Bertz CT molecular complexity index is 1510. The van der Waals surface area contributed by atoms with Gasteiger partial charge in [0.1, 0.15) is 11.6 Å². The Hall–Kier alpha value is -3.67. The predicted octanol–water partition coefficient (Wildman–Crippen LogP) is 4.02. The van der Waals surface area contributed by atoms with Crippen molar-refractivity contribution in [3.05, 3.63) is 48.2 Å². The second-order valence-electron chi connectivity index (χ2n) is 12.3. The summed E-state index contributed by atoms with van der Waals surface area (Å²) in [6.45, 7) is 12.4. The maximum Gasteiger partial charge on any atom is 0.281 e. The molecular formula is C28H37N7O4S. The lowest BCUT2D eigenvalue weighted by Gasteiger charge is -2.34. The van der Waals surface area contributed by atoms with E-state index in [4.69, 9.17) is 9.72 Å². The lowest BCUT2D eigenvalue weighted by Crippen LogP contribution is -2.41. The van der Waals surface area contributed by atoms with E-state index in [9.17, 15) is 13.2 Å². The highest BCUT2D eigenvalue weighted by Crippen LogP contribution is 2.39. The average molecular weight is 568 g/mol. The van der Waals surface area contributed by atoms with Crippen LogP contribution in [0.3, 0.4) is 0 Å². The van der Waals surface area contributed by atoms with E-state index in [0.717, 1.165) is 19.3 Å². The molecule has 3 aromatic heterocycles. The van der Waals surface area contributed by atoms with Crippen LogP contribution >= 0.6 is 0 Å². The van der Waals surface area contributed by atoms with Gasteiger partial charge in [-0.1, -0.05) is 26.8 Å². The molecule has 0 aliphatic carbocycles. The molecule has 0 saturated carbocycles. The zero-order valence-corrected chi connectivity index (χ0v) is 24.5. The molecule has 2 N–H and O–H groups in total. The van der Waals surface area contributed by atoms with Gasteiger partial charge in [-0.15, -0.1) is 5.10 Å². The fraction of sp³-hybridized carbons (Fsp3) is 0.500. The van der Waals surface area contributed by atoms with Gasteiger partial charge in [-0.05, 0) is 68.7 Å². The smallest absolute Gasteiger partial charge is 0.281 e. The fourth-order valence-corrected chi connectivity index (χ4v) is 6.14. The first-order valence-electron chi connectivity index (χ1n) is 13.6. The van der Waals surface area contributed by atoms with E-state index in [2.05, 4.69) is 59.6 Å². The SMILES string of the molecule is CC(C)(C)COc1ccn(-c2ccc3c(n2)N2C[C@@H](CCCNc4cccc(n4)S(=O)(=O)NC3=O)CC2(C)C)n1. The van der Waals surface area contributed by atoms with Crippen molar-refractivity contribution >= 4 is 27.6 Å². The average Bonchev–Trinajstić information content (AvgIpc) is 3.48. The van der Waals surface area contributed by atoms with Crippen molar-refractivity contribution in [2.75, 3.05) is 29.9 Å². The van der Waals surface area contributed by atoms with Crippen molar-refractivity contribution < 1.29 is 17.9 Å². The van der Waals surface area contributed by atoms with Gasteiger partial charge in [-0.2, -0.15) is 8.42 Å². The first-order valence-corrected chi connectivity index (χ1v) is 15.0. The summed E-state index contributed by atoms with van der Waals surface area (Å²) < 4.78 is 35.9. The maximum absolute atomic E-state index is 13.5. The van der Waals surface area contributed by atoms with Crippen LogP contribution in [0.2, 0.25) is 0 Å². The normalized spacial score (nSPS) is 20.5. The van der Waals surface area contributed by atoms with E-state index in [-0.39, 0.29) is 21.5 Å². The van der Waals surface area contributed by atoms with Gasteiger partial charge in [-0.3, -0.25) is 4.79 Å². The van der Waals surface area contributed by atoms with Crippen molar-refractivity contribution in [1.29, 1.82) is 0 Å². The standard InChI is InChI=1S/C28H37N7O4S/c1-27(2,3)18-39-23-13-15-35(32-23)22-12-11-20-25(31-22)34-17-19(16-28(34,4)5)8-7-14-29-21-9-6-10-24(30-21)40(37,38)33-26(20)36/h6,9-13,15,19H,7-8,14,16-18H2,1-5H3,(H,29,30)(H,33,36)/t19-/m0/s1. The van der Waals surface area contributed by atoms with E-state index in [1.54, 1.807) is 41.2 Å². The van der Waals surface area contributed by atoms with Crippen molar-refractivity contribution in [3.63, 3.8) is 0 Å². The number of hydrogen-bond acceptors (Lipinski definition) is 9. The summed E-state index contributed by atoms with van der Waals surface area (Å²) in [6.07, 6.45) is 4.54. The van der Waals surface area contributed by atoms with Crippen LogP contribution < -0.4 is 19.7 Å². The summed E-state index contributed by atoms with van der Waals surface area (Å²) in [6, 6.07) is 9.72. The van der Waals surface area contributed by atoms with Crippen LogP contribution in [0.4, 0.5) is 11.6 Å². The Labute approximate surface area is 235 Å². The van der Waals surface area contributed by atoms with Crippen LogP contribution in [0, 0.1) is 11.3 Å². The van der Waals surface area contributed by atoms with Crippen molar-refractivity contribution in [2.24, 2.45) is 11.3 Å². The zero-order chi connectivity index (χ0) is 28.7. The molecule has 5 rings (SSSR count). The summed E-state index contributed by atoms with van der Waals surface area (Å²) in [5, 5.41) is 7.51. The molecule has 4 bridgehead atoms. The lowest BCUT2D eigenvalue weighted by molar-refractivity contribution is 0.0981. The third-order valence-corrected chi connectivity index (χ3v) is 8.33. The number of amides is 1. The Morgan fingerprint density at radius 1 is 1.12 bits per heavy atom. The van der Waals surface area contributed by atoms with Gasteiger partial charge in [0.05, 0.1) is 12.2 Å². The molecule has 0 aromatic carbocycles. The number of sulfonamides is 1. The van der Waals surface area contributed by atoms with E-state index < -0.39 is 15.9 Å². The summed E-state index contributed by atoms with van der Waals surface area (Å²) in [5.41, 5.74) is -0.151. The number of anilines is 2. The zero-order valence-electron chi connectivity index (χ0n) is 23.6. The number of rotatable bonds is 3. The minimum Gasteiger partial charge on any atom is -0.476 e. The van der Waals surface area contributed by atoms with E-state index in [1.165, 1.54) is 6.07 Å². The summed E-state index contributed by atoms with van der Waals surface area (Å²) >= 11 is 0. The monoisotopic (exact) mass is 567 g/mol. The molecule has 1 atom stereocenters. The molecule has 3 aromatic rings. The topological polar surface area (TPSA) is 131 Å². The fourth-order valence-electron chi connectivity index (χ4n) is 5.20. The van der Waals surface area contributed by atoms with Gasteiger partial charge in [0, 0.05) is 30.9 Å². The number of carbonyl (C=O) groups excluding carboxylic acids is 1. The van der Waals surface area contributed by atoms with E-state index in [1.807, 2.05) is 0 Å². The Morgan fingerprint density at radius 2 is 1.93 bits per heavy atom. The number of hydrogen-bond donors (Lipinski definition) is 2. The molecule has 0 unspecified atom stereocenters. The molecule has 0 radical (unpaired) electrons. The van der Waals surface area contributed by atoms with E-state index >= 15 is 0 Å². The van der Waals surface area contributed by atoms with Crippen LogP contribution in [0.15, 0.2) is 47.6 Å². The molecule has 214 valence electrons. The number of carbonyl (C=O) groups is 1. The quantitative estimate of drug-likeness (QED) is 0.482. The molecule has 2 aliphatic rings. The molecule has 2 aliphatic heterocycles. The number of nitrogens with zero attached hydrogens (tertiary/aromatic N) is 5. The summed E-state index contributed by atoms with van der Waals surface area (Å²) in [4.78, 5) is 24.7. The molecule has 1 saturated heterocycles. The first-order chi connectivity index (χ1) is 18.8. The maximum atomic E-state index is 13.5. The Balaban J connectivity index is 1.55. The van der Waals surface area contributed by atoms with Gasteiger partial charge in [0.2, 0.25) is 5.88 Å². The largest absolute Gasteiger partial charge is 0.476 e. The highest BCUT2D eigenvalue weighted by Gasteiger charge is 2.41. The first kappa shape index (κ1) is 27.9. The van der Waals surface area contributed by atoms with Gasteiger partial charge >= 0.3 is 0 Å². The third kappa shape index (κ3) is 6.06. The van der Waals surface area contributed by atoms with Crippen molar-refractivity contribution in [1.82, 2.24) is 24.5 Å². The second-order valence-corrected chi connectivity index (χ2v) is 14.0. The molecule has 40 heavy (non-hydrogen) atoms. The molecule has 12 heteroatoms. The predicted molar refractivity (Wildman–Crippen MR) is 152 cm³/mol. The molecule has 11 nitrogen and oxygen atoms in total. The summed E-state index contributed by atoms with van der Waals surface area (Å²) in [5.74, 6) is 1.46. The highest BCUT2D eigenvalue weighted by molar-refractivity contribution is 7.90. The van der Waals surface area contributed by atoms with Gasteiger partial charge in [0.15, 0.2) is 10.8 Å². The minimum absolute atomic E-state index is 0.0190. The second kappa shape index (κ2) is 10.4. The van der Waals surface area contributed by atoms with Crippen LogP contribution in [-0.4, -0.2) is 59.3 Å². The Morgan fingerprint density at radius 3 is 2.70 bits per heavy atom. The van der Waals surface area contributed by atoms with Crippen LogP contribution in [0.25, 0.3) is 5.82 Å². The number of aromatic nitrogens is 4. The molecule has 1 amide bonds. The molecule has 0 spiro atoms. The minimum atomic E-state index is -4.22. The number of nitrogens with one attached hydrogen (secondary N) is 2. The summed E-state index contributed by atoms with van der Waals surface area (Å²) in [7, 11) is -4.22. The van der Waals surface area contributed by atoms with Gasteiger partial charge in [0.25, 0.3) is 15.9 Å². The van der Waals surface area contributed by atoms with Crippen LogP contribution in [0.5, 0.6) is 5.88 Å². The molecule has 1 fully saturated rings. The molecular weight excluding hydrogens is 530 g/mol. The number of ether oxygens (including phenoxy) is 1. The lowest BCUT2D eigenvalue weighted by atomic mass is 9.93. The van der Waals surface area contributed by atoms with Crippen LogP contribution in [-0.2, 0) is 10.0 Å².